The van der Waals surface area contributed by atoms with Crippen molar-refractivity contribution >= 4 is 27.5 Å². The van der Waals surface area contributed by atoms with E-state index in [1.165, 1.54) is 23.2 Å². The first-order valence-corrected chi connectivity index (χ1v) is 13.8. The van der Waals surface area contributed by atoms with Crippen LogP contribution in [0.2, 0.25) is 5.02 Å². The molecule has 1 amide bonds. The van der Waals surface area contributed by atoms with Gasteiger partial charge in [-0.25, -0.2) is 22.5 Å². The summed E-state index contributed by atoms with van der Waals surface area (Å²) in [5.74, 6) is -0.210. The molecule has 0 spiro atoms. The molecule has 10 nitrogen and oxygen atoms in total. The molecule has 3 aromatic rings. The van der Waals surface area contributed by atoms with Crippen molar-refractivity contribution in [2.75, 3.05) is 6.26 Å². The number of hydrogen-bond acceptors (Lipinski definition) is 7. The standard InChI is InChI=1S/C23H27ClFN7O3S/c1-14-9-17(11-21(27-14)23(33)26-12-16-5-8-20(25)19(24)10-16)22-28-31-32(29-22)13-15-3-6-18(7-4-15)30-36(2,34)35/h5,8-11,15,18,30H,3-4,6-7,12-13H2,1-2H3,(H,26,33). The number of nitrogens with zero attached hydrogens (tertiary/aromatic N) is 5. The minimum absolute atomic E-state index is 0.00880. The van der Waals surface area contributed by atoms with Gasteiger partial charge in [-0.1, -0.05) is 17.7 Å². The number of tetrazole rings is 1. The molecule has 0 saturated heterocycles. The van der Waals surface area contributed by atoms with Crippen molar-refractivity contribution in [1.82, 2.24) is 35.2 Å². The summed E-state index contributed by atoms with van der Waals surface area (Å²) in [4.78, 5) is 18.5. The Balaban J connectivity index is 1.38. The van der Waals surface area contributed by atoms with E-state index in [2.05, 4.69) is 30.4 Å². The maximum Gasteiger partial charge on any atom is 0.270 e. The van der Waals surface area contributed by atoms with Gasteiger partial charge >= 0.3 is 0 Å². The van der Waals surface area contributed by atoms with Gasteiger partial charge in [0.25, 0.3) is 5.91 Å². The average molecular weight is 536 g/mol. The topological polar surface area (TPSA) is 132 Å². The Morgan fingerprint density at radius 3 is 2.64 bits per heavy atom. The Morgan fingerprint density at radius 1 is 1.19 bits per heavy atom. The minimum atomic E-state index is -3.20. The molecule has 13 heteroatoms. The van der Waals surface area contributed by atoms with Gasteiger partial charge in [0.05, 0.1) is 17.8 Å². The average Bonchev–Trinajstić information content (AvgIpc) is 3.28. The van der Waals surface area contributed by atoms with Crippen molar-refractivity contribution in [3.8, 4) is 11.4 Å². The summed E-state index contributed by atoms with van der Waals surface area (Å²) in [5, 5.41) is 15.5. The lowest BCUT2D eigenvalue weighted by Gasteiger charge is -2.27. The van der Waals surface area contributed by atoms with Crippen LogP contribution in [0.15, 0.2) is 30.3 Å². The molecular weight excluding hydrogens is 509 g/mol. The van der Waals surface area contributed by atoms with Crippen LogP contribution in [0.5, 0.6) is 0 Å². The van der Waals surface area contributed by atoms with Crippen LogP contribution in [0.3, 0.4) is 0 Å². The van der Waals surface area contributed by atoms with Crippen molar-refractivity contribution in [3.05, 3.63) is 58.1 Å². The SMILES string of the molecule is Cc1cc(-c2nnn(CC3CCC(NS(C)(=O)=O)CC3)n2)cc(C(=O)NCc2ccc(F)c(Cl)c2)n1. The number of nitrogens with one attached hydrogen (secondary N) is 2. The van der Waals surface area contributed by atoms with Gasteiger partial charge in [0.15, 0.2) is 0 Å². The Kier molecular flexibility index (Phi) is 7.96. The van der Waals surface area contributed by atoms with Crippen LogP contribution >= 0.6 is 11.6 Å². The number of pyridine rings is 1. The van der Waals surface area contributed by atoms with Gasteiger partial charge in [-0.05, 0) is 73.6 Å². The molecule has 1 saturated carbocycles. The molecule has 192 valence electrons. The third-order valence-electron chi connectivity index (χ3n) is 5.98. The van der Waals surface area contributed by atoms with Gasteiger partial charge in [0.2, 0.25) is 15.8 Å². The lowest BCUT2D eigenvalue weighted by atomic mass is 9.86. The highest BCUT2D eigenvalue weighted by Crippen LogP contribution is 2.26. The molecule has 1 aliphatic carbocycles. The van der Waals surface area contributed by atoms with E-state index in [9.17, 15) is 17.6 Å². The maximum atomic E-state index is 13.3. The number of carbonyl (C=O) groups is 1. The Hall–Kier alpha value is -2.96. The van der Waals surface area contributed by atoms with Gasteiger partial charge in [-0.2, -0.15) is 4.80 Å². The molecule has 0 radical (unpaired) electrons. The number of amides is 1. The molecule has 4 rings (SSSR count). The molecule has 2 N–H and O–H groups in total. The highest BCUT2D eigenvalue weighted by molar-refractivity contribution is 7.88. The predicted molar refractivity (Wildman–Crippen MR) is 132 cm³/mol. The van der Waals surface area contributed by atoms with E-state index in [0.717, 1.165) is 25.7 Å². The summed E-state index contributed by atoms with van der Waals surface area (Å²) in [6.07, 6.45) is 4.44. The van der Waals surface area contributed by atoms with Crippen LogP contribution in [0, 0.1) is 18.7 Å². The number of sulfonamides is 1. The number of halogens is 2. The van der Waals surface area contributed by atoms with Crippen molar-refractivity contribution in [2.45, 2.75) is 51.7 Å². The summed E-state index contributed by atoms with van der Waals surface area (Å²) in [6.45, 7) is 2.52. The van der Waals surface area contributed by atoms with Crippen LogP contribution in [0.4, 0.5) is 4.39 Å². The number of hydrogen-bond donors (Lipinski definition) is 2. The monoisotopic (exact) mass is 535 g/mol. The molecule has 0 atom stereocenters. The second-order valence-corrected chi connectivity index (χ2v) is 11.3. The van der Waals surface area contributed by atoms with E-state index in [4.69, 9.17) is 11.6 Å². The fraction of sp³-hybridized carbons (Fsp3) is 0.435. The summed E-state index contributed by atoms with van der Waals surface area (Å²) >= 11 is 5.80. The molecule has 0 aliphatic heterocycles. The summed E-state index contributed by atoms with van der Waals surface area (Å²) in [7, 11) is -3.20. The summed E-state index contributed by atoms with van der Waals surface area (Å²) in [5.41, 5.74) is 2.10. The fourth-order valence-corrected chi connectivity index (χ4v) is 5.31. The van der Waals surface area contributed by atoms with Crippen LogP contribution in [0.1, 0.15) is 47.4 Å². The van der Waals surface area contributed by atoms with Crippen molar-refractivity contribution in [2.24, 2.45) is 5.92 Å². The number of rotatable bonds is 8. The van der Waals surface area contributed by atoms with Crippen LogP contribution < -0.4 is 10.0 Å². The molecule has 0 unspecified atom stereocenters. The number of carbonyl (C=O) groups excluding carboxylic acids is 1. The minimum Gasteiger partial charge on any atom is -0.347 e. The zero-order valence-electron chi connectivity index (χ0n) is 19.9. The number of aromatic nitrogens is 5. The van der Waals surface area contributed by atoms with Crippen LogP contribution in [-0.4, -0.2) is 51.8 Å². The summed E-state index contributed by atoms with van der Waals surface area (Å²) < 4.78 is 38.9. The molecule has 2 aromatic heterocycles. The molecule has 2 heterocycles. The normalized spacial score (nSPS) is 18.2. The van der Waals surface area contributed by atoms with Gasteiger partial charge in [0.1, 0.15) is 11.5 Å². The van der Waals surface area contributed by atoms with E-state index < -0.39 is 21.7 Å². The maximum absolute atomic E-state index is 13.3. The third kappa shape index (κ3) is 7.05. The van der Waals surface area contributed by atoms with Crippen LogP contribution in [0.25, 0.3) is 11.4 Å². The molecular formula is C23H27ClFN7O3S. The first-order chi connectivity index (χ1) is 17.1. The number of benzene rings is 1. The fourth-order valence-electron chi connectivity index (χ4n) is 4.27. The van der Waals surface area contributed by atoms with Gasteiger partial charge < -0.3 is 5.32 Å². The zero-order valence-corrected chi connectivity index (χ0v) is 21.5. The van der Waals surface area contributed by atoms with Gasteiger partial charge in [-0.15, -0.1) is 10.2 Å². The first-order valence-electron chi connectivity index (χ1n) is 11.5. The first kappa shape index (κ1) is 26.1. The predicted octanol–water partition coefficient (Wildman–Crippen LogP) is 2.87. The quantitative estimate of drug-likeness (QED) is 0.453. The van der Waals surface area contributed by atoms with E-state index in [0.29, 0.717) is 35.1 Å². The number of aryl methyl sites for hydroxylation is 1. The molecule has 1 fully saturated rings. The molecule has 1 aliphatic rings. The third-order valence-corrected chi connectivity index (χ3v) is 7.03. The Morgan fingerprint density at radius 2 is 1.94 bits per heavy atom. The lowest BCUT2D eigenvalue weighted by Crippen LogP contribution is -2.37. The van der Waals surface area contributed by atoms with Crippen molar-refractivity contribution < 1.29 is 17.6 Å². The van der Waals surface area contributed by atoms with Gasteiger partial charge in [-0.3, -0.25) is 4.79 Å². The van der Waals surface area contributed by atoms with E-state index in [1.54, 1.807) is 25.1 Å². The largest absolute Gasteiger partial charge is 0.347 e. The van der Waals surface area contributed by atoms with E-state index in [1.807, 2.05) is 0 Å². The molecule has 1 aromatic carbocycles. The Bertz CT molecular complexity index is 1360. The smallest absolute Gasteiger partial charge is 0.270 e. The molecule has 0 bridgehead atoms. The van der Waals surface area contributed by atoms with Crippen LogP contribution in [-0.2, 0) is 23.1 Å². The second kappa shape index (κ2) is 11.0. The van der Waals surface area contributed by atoms with E-state index >= 15 is 0 Å². The highest BCUT2D eigenvalue weighted by Gasteiger charge is 2.24. The Labute approximate surface area is 213 Å². The lowest BCUT2D eigenvalue weighted by molar-refractivity contribution is 0.0945. The van der Waals surface area contributed by atoms with E-state index in [-0.39, 0.29) is 23.3 Å². The van der Waals surface area contributed by atoms with Crippen molar-refractivity contribution in [3.63, 3.8) is 0 Å². The highest BCUT2D eigenvalue weighted by atomic mass is 35.5. The molecule has 36 heavy (non-hydrogen) atoms. The summed E-state index contributed by atoms with van der Waals surface area (Å²) in [6, 6.07) is 7.61. The second-order valence-electron chi connectivity index (χ2n) is 9.09. The van der Waals surface area contributed by atoms with Gasteiger partial charge in [0, 0.05) is 23.8 Å². The van der Waals surface area contributed by atoms with Crippen molar-refractivity contribution in [1.29, 1.82) is 0 Å². The zero-order chi connectivity index (χ0) is 25.9.